The van der Waals surface area contributed by atoms with Crippen LogP contribution in [0.4, 0.5) is 0 Å². The molecule has 0 bridgehead atoms. The Morgan fingerprint density at radius 3 is 2.88 bits per heavy atom. The zero-order valence-electron chi connectivity index (χ0n) is 10.4. The summed E-state index contributed by atoms with van der Waals surface area (Å²) >= 11 is 0. The predicted octanol–water partition coefficient (Wildman–Crippen LogP) is 2.09. The molecule has 1 atom stereocenters. The van der Waals surface area contributed by atoms with E-state index in [4.69, 9.17) is 5.73 Å². The minimum atomic E-state index is 0.0722. The third kappa shape index (κ3) is 1.75. The van der Waals surface area contributed by atoms with Crippen LogP contribution in [0.2, 0.25) is 0 Å². The maximum absolute atomic E-state index is 6.30. The van der Waals surface area contributed by atoms with Crippen LogP contribution in [0.1, 0.15) is 31.1 Å². The van der Waals surface area contributed by atoms with Crippen molar-refractivity contribution in [3.05, 3.63) is 35.5 Å². The molecule has 1 aromatic heterocycles. The topological polar surface area (TPSA) is 53.8 Å². The molecule has 90 valence electrons. The van der Waals surface area contributed by atoms with Gasteiger partial charge in [0, 0.05) is 41.1 Å². The van der Waals surface area contributed by atoms with Gasteiger partial charge in [0.15, 0.2) is 0 Å². The fourth-order valence-electron chi connectivity index (χ4n) is 2.78. The average Bonchev–Trinajstić information content (AvgIpc) is 2.57. The molecule has 0 fully saturated rings. The van der Waals surface area contributed by atoms with Gasteiger partial charge >= 0.3 is 0 Å². The van der Waals surface area contributed by atoms with Crippen LogP contribution in [0.5, 0.6) is 0 Å². The quantitative estimate of drug-likeness (QED) is 0.648. The Balaban J connectivity index is 2.22. The predicted molar refractivity (Wildman–Crippen MR) is 71.0 cm³/mol. The highest BCUT2D eigenvalue weighted by Crippen LogP contribution is 2.31. The number of rotatable bonds is 0. The lowest BCUT2D eigenvalue weighted by molar-refractivity contribution is 0.386. The van der Waals surface area contributed by atoms with Crippen molar-refractivity contribution in [2.75, 3.05) is 6.54 Å². The van der Waals surface area contributed by atoms with Gasteiger partial charge in [-0.15, -0.1) is 0 Å². The van der Waals surface area contributed by atoms with Gasteiger partial charge < -0.3 is 16.0 Å². The smallest absolute Gasteiger partial charge is 0.0459 e. The van der Waals surface area contributed by atoms with Gasteiger partial charge in [0.05, 0.1) is 0 Å². The van der Waals surface area contributed by atoms with Crippen molar-refractivity contribution in [3.63, 3.8) is 0 Å². The second-order valence-corrected chi connectivity index (χ2v) is 5.61. The zero-order chi connectivity index (χ0) is 12.0. The van der Waals surface area contributed by atoms with Crippen LogP contribution >= 0.6 is 0 Å². The Bertz CT molecular complexity index is 554. The van der Waals surface area contributed by atoms with E-state index < -0.39 is 0 Å². The molecule has 3 nitrogen and oxygen atoms in total. The molecule has 0 saturated heterocycles. The van der Waals surface area contributed by atoms with Gasteiger partial charge in [-0.2, -0.15) is 0 Å². The number of fused-ring (bicyclic) bond motifs is 3. The summed E-state index contributed by atoms with van der Waals surface area (Å²) < 4.78 is 0. The van der Waals surface area contributed by atoms with Crippen LogP contribution < -0.4 is 11.1 Å². The molecule has 1 aliphatic rings. The van der Waals surface area contributed by atoms with Gasteiger partial charge in [-0.25, -0.2) is 0 Å². The van der Waals surface area contributed by atoms with E-state index in [9.17, 15) is 0 Å². The number of hydrogen-bond acceptors (Lipinski definition) is 2. The lowest BCUT2D eigenvalue weighted by Crippen LogP contribution is -2.42. The van der Waals surface area contributed by atoms with Gasteiger partial charge in [-0.3, -0.25) is 0 Å². The maximum Gasteiger partial charge on any atom is 0.0459 e. The SMILES string of the molecule is CC1(C)Cc2[nH]c3ccccc3c2C(N)CN1. The monoisotopic (exact) mass is 229 g/mol. The number of aromatic amines is 1. The molecule has 3 heteroatoms. The number of aromatic nitrogens is 1. The number of benzene rings is 1. The Labute approximate surface area is 101 Å². The van der Waals surface area contributed by atoms with E-state index in [1.165, 1.54) is 22.2 Å². The van der Waals surface area contributed by atoms with Crippen LogP contribution in [0.15, 0.2) is 24.3 Å². The van der Waals surface area contributed by atoms with Crippen LogP contribution in [-0.2, 0) is 6.42 Å². The van der Waals surface area contributed by atoms with Crippen LogP contribution in [0, 0.1) is 0 Å². The van der Waals surface area contributed by atoms with Crippen LogP contribution in [0.25, 0.3) is 10.9 Å². The molecule has 1 aromatic carbocycles. The van der Waals surface area contributed by atoms with E-state index in [1.54, 1.807) is 0 Å². The Hall–Kier alpha value is -1.32. The number of nitrogens with one attached hydrogen (secondary N) is 2. The first-order chi connectivity index (χ1) is 8.07. The summed E-state index contributed by atoms with van der Waals surface area (Å²) in [5.41, 5.74) is 10.2. The van der Waals surface area contributed by atoms with E-state index in [1.807, 2.05) is 0 Å². The zero-order valence-corrected chi connectivity index (χ0v) is 10.4. The summed E-state index contributed by atoms with van der Waals surface area (Å²) in [6.45, 7) is 5.28. The summed E-state index contributed by atoms with van der Waals surface area (Å²) in [7, 11) is 0. The average molecular weight is 229 g/mol. The molecule has 0 spiro atoms. The molecule has 2 heterocycles. The van der Waals surface area contributed by atoms with E-state index in [0.29, 0.717) is 0 Å². The second kappa shape index (κ2) is 3.59. The van der Waals surface area contributed by atoms with E-state index >= 15 is 0 Å². The van der Waals surface area contributed by atoms with E-state index in [2.05, 4.69) is 48.4 Å². The molecule has 1 aliphatic heterocycles. The number of para-hydroxylation sites is 1. The van der Waals surface area contributed by atoms with Gasteiger partial charge in [0.2, 0.25) is 0 Å². The highest BCUT2D eigenvalue weighted by atomic mass is 15.0. The molecule has 2 aromatic rings. The van der Waals surface area contributed by atoms with Gasteiger partial charge in [0.25, 0.3) is 0 Å². The highest BCUT2D eigenvalue weighted by Gasteiger charge is 2.28. The first kappa shape index (κ1) is 10.8. The van der Waals surface area contributed by atoms with Crippen molar-refractivity contribution in [2.24, 2.45) is 5.73 Å². The molecule has 17 heavy (non-hydrogen) atoms. The van der Waals surface area contributed by atoms with Crippen molar-refractivity contribution in [1.82, 2.24) is 10.3 Å². The number of nitrogens with two attached hydrogens (primary N) is 1. The van der Waals surface area contributed by atoms with Crippen molar-refractivity contribution in [1.29, 1.82) is 0 Å². The molecule has 0 aliphatic carbocycles. The third-order valence-electron chi connectivity index (χ3n) is 3.62. The summed E-state index contributed by atoms with van der Waals surface area (Å²) in [6.07, 6.45) is 0.991. The van der Waals surface area contributed by atoms with Crippen molar-refractivity contribution < 1.29 is 0 Å². The standard InChI is InChI=1S/C14H19N3/c1-14(2)7-12-13(10(15)8-16-14)9-5-3-4-6-11(9)17-12/h3-6,10,16-17H,7-8,15H2,1-2H3. The molecular formula is C14H19N3. The molecule has 0 radical (unpaired) electrons. The fourth-order valence-corrected chi connectivity index (χ4v) is 2.78. The molecule has 3 rings (SSSR count). The second-order valence-electron chi connectivity index (χ2n) is 5.61. The van der Waals surface area contributed by atoms with Gasteiger partial charge in [-0.05, 0) is 25.5 Å². The molecule has 0 saturated carbocycles. The summed E-state index contributed by atoms with van der Waals surface area (Å²) in [4.78, 5) is 3.52. The molecule has 0 amide bonds. The van der Waals surface area contributed by atoms with E-state index in [0.717, 1.165) is 13.0 Å². The number of hydrogen-bond donors (Lipinski definition) is 3. The maximum atomic E-state index is 6.30. The minimum absolute atomic E-state index is 0.0722. The van der Waals surface area contributed by atoms with Crippen molar-refractivity contribution in [3.8, 4) is 0 Å². The largest absolute Gasteiger partial charge is 0.358 e. The fraction of sp³-hybridized carbons (Fsp3) is 0.429. The third-order valence-corrected chi connectivity index (χ3v) is 3.62. The normalized spacial score (nSPS) is 23.4. The number of H-pyrrole nitrogens is 1. The van der Waals surface area contributed by atoms with Crippen molar-refractivity contribution >= 4 is 10.9 Å². The Morgan fingerprint density at radius 2 is 2.06 bits per heavy atom. The lowest BCUT2D eigenvalue weighted by atomic mass is 9.97. The van der Waals surface area contributed by atoms with Crippen LogP contribution in [0.3, 0.4) is 0 Å². The molecule has 1 unspecified atom stereocenters. The Morgan fingerprint density at radius 1 is 1.29 bits per heavy atom. The molecular weight excluding hydrogens is 210 g/mol. The highest BCUT2D eigenvalue weighted by molar-refractivity contribution is 5.85. The Kier molecular flexibility index (Phi) is 2.28. The van der Waals surface area contributed by atoms with Gasteiger partial charge in [-0.1, -0.05) is 18.2 Å². The molecule has 4 N–H and O–H groups in total. The minimum Gasteiger partial charge on any atom is -0.358 e. The summed E-state index contributed by atoms with van der Waals surface area (Å²) in [5.74, 6) is 0. The van der Waals surface area contributed by atoms with E-state index in [-0.39, 0.29) is 11.6 Å². The summed E-state index contributed by atoms with van der Waals surface area (Å²) in [5, 5.41) is 4.80. The first-order valence-electron chi connectivity index (χ1n) is 6.17. The summed E-state index contributed by atoms with van der Waals surface area (Å²) in [6, 6.07) is 8.49. The van der Waals surface area contributed by atoms with Gasteiger partial charge in [0.1, 0.15) is 0 Å². The van der Waals surface area contributed by atoms with Crippen molar-refractivity contribution in [2.45, 2.75) is 31.8 Å². The lowest BCUT2D eigenvalue weighted by Gasteiger charge is -2.24. The first-order valence-corrected chi connectivity index (χ1v) is 6.17. The van der Waals surface area contributed by atoms with Crippen LogP contribution in [-0.4, -0.2) is 17.1 Å².